The summed E-state index contributed by atoms with van der Waals surface area (Å²) in [5.41, 5.74) is -0.451. The molecule has 0 radical (unpaired) electrons. The number of thioether (sulfide) groups is 1. The predicted molar refractivity (Wildman–Crippen MR) is 124 cm³/mol. The molecule has 0 spiro atoms. The maximum atomic E-state index is 12.6. The molecule has 1 rings (SSSR count). The number of carbonyl (C=O) groups is 3. The molecule has 1 aliphatic rings. The van der Waals surface area contributed by atoms with Gasteiger partial charge in [0.15, 0.2) is 0 Å². The van der Waals surface area contributed by atoms with E-state index in [0.717, 1.165) is 30.2 Å². The van der Waals surface area contributed by atoms with Crippen molar-refractivity contribution in [2.24, 2.45) is 5.92 Å². The van der Waals surface area contributed by atoms with E-state index in [1.807, 2.05) is 20.8 Å². The molecule has 6 atom stereocenters. The van der Waals surface area contributed by atoms with E-state index >= 15 is 0 Å². The minimum Gasteiger partial charge on any atom is -0.480 e. The van der Waals surface area contributed by atoms with Crippen molar-refractivity contribution in [3.63, 3.8) is 0 Å². The van der Waals surface area contributed by atoms with Crippen LogP contribution >= 0.6 is 11.8 Å². The number of hydrogen-bond acceptors (Lipinski definition) is 7. The van der Waals surface area contributed by atoms with Gasteiger partial charge >= 0.3 is 11.9 Å². The lowest BCUT2D eigenvalue weighted by Gasteiger charge is -2.31. The van der Waals surface area contributed by atoms with Crippen molar-refractivity contribution in [1.29, 1.82) is 0 Å². The van der Waals surface area contributed by atoms with Crippen molar-refractivity contribution < 1.29 is 34.1 Å². The van der Waals surface area contributed by atoms with Crippen molar-refractivity contribution in [2.45, 2.75) is 83.0 Å². The SMILES string of the molecule is CO[C@H]1C=C[C@@](C)(O)[C@H](SCC(NC(C)=O)C(=O)O)CC(=O)O[C@H](C)[C@@H](C)CCC=C1C. The third kappa shape index (κ3) is 9.34. The Morgan fingerprint density at radius 2 is 2.06 bits per heavy atom. The van der Waals surface area contributed by atoms with Gasteiger partial charge in [0.1, 0.15) is 12.1 Å². The first-order valence-corrected chi connectivity index (χ1v) is 11.8. The summed E-state index contributed by atoms with van der Waals surface area (Å²) in [4.78, 5) is 35.5. The van der Waals surface area contributed by atoms with Crippen molar-refractivity contribution in [3.05, 3.63) is 23.8 Å². The lowest BCUT2D eigenvalue weighted by atomic mass is 9.95. The minimum atomic E-state index is -1.46. The summed E-state index contributed by atoms with van der Waals surface area (Å²) in [6, 6.07) is -1.14. The number of nitrogens with one attached hydrogen (secondary N) is 1. The number of methoxy groups -OCH3 is 1. The fraction of sp³-hybridized carbons (Fsp3) is 0.696. The summed E-state index contributed by atoms with van der Waals surface area (Å²) < 4.78 is 11.1. The number of ether oxygens (including phenoxy) is 2. The van der Waals surface area contributed by atoms with Crippen LogP contribution in [0.4, 0.5) is 0 Å². The van der Waals surface area contributed by atoms with E-state index in [0.29, 0.717) is 0 Å². The number of esters is 1. The first-order valence-electron chi connectivity index (χ1n) is 10.8. The van der Waals surface area contributed by atoms with Gasteiger partial charge in [-0.1, -0.05) is 25.2 Å². The molecule has 0 saturated carbocycles. The van der Waals surface area contributed by atoms with Gasteiger partial charge in [-0.05, 0) is 45.1 Å². The molecular weight excluding hydrogens is 434 g/mol. The number of aliphatic hydroxyl groups is 1. The highest BCUT2D eigenvalue weighted by Crippen LogP contribution is 2.30. The fourth-order valence-electron chi connectivity index (χ4n) is 3.32. The predicted octanol–water partition coefficient (Wildman–Crippen LogP) is 2.70. The second kappa shape index (κ2) is 13.0. The van der Waals surface area contributed by atoms with E-state index in [2.05, 4.69) is 11.4 Å². The van der Waals surface area contributed by atoms with Gasteiger partial charge in [0.25, 0.3) is 0 Å². The Balaban J connectivity index is 3.20. The van der Waals surface area contributed by atoms with Crippen LogP contribution in [0.15, 0.2) is 23.8 Å². The first kappa shape index (κ1) is 28.2. The Morgan fingerprint density at radius 1 is 1.41 bits per heavy atom. The zero-order chi connectivity index (χ0) is 24.5. The molecule has 1 aliphatic heterocycles. The van der Waals surface area contributed by atoms with Crippen molar-refractivity contribution in [1.82, 2.24) is 5.32 Å². The van der Waals surface area contributed by atoms with Gasteiger partial charge in [-0.15, -0.1) is 0 Å². The number of carbonyl (C=O) groups excluding carboxylic acids is 2. The number of allylic oxidation sites excluding steroid dienone is 1. The highest BCUT2D eigenvalue weighted by Gasteiger charge is 2.35. The summed E-state index contributed by atoms with van der Waals surface area (Å²) in [5.74, 6) is -1.99. The van der Waals surface area contributed by atoms with Gasteiger partial charge in [-0.25, -0.2) is 4.79 Å². The third-order valence-electron chi connectivity index (χ3n) is 5.66. The molecule has 32 heavy (non-hydrogen) atoms. The van der Waals surface area contributed by atoms with Crippen LogP contribution < -0.4 is 5.32 Å². The molecule has 0 saturated heterocycles. The third-order valence-corrected chi connectivity index (χ3v) is 7.23. The summed E-state index contributed by atoms with van der Waals surface area (Å²) >= 11 is 1.11. The lowest BCUT2D eigenvalue weighted by molar-refractivity contribution is -0.151. The number of carboxylic acids is 1. The molecule has 8 nitrogen and oxygen atoms in total. The average molecular weight is 472 g/mol. The molecular formula is C23H37NO7S. The molecule has 0 bridgehead atoms. The monoisotopic (exact) mass is 471 g/mol. The van der Waals surface area contributed by atoms with E-state index in [4.69, 9.17) is 9.47 Å². The smallest absolute Gasteiger partial charge is 0.327 e. The Morgan fingerprint density at radius 3 is 2.62 bits per heavy atom. The van der Waals surface area contributed by atoms with Crippen LogP contribution in [0.25, 0.3) is 0 Å². The summed E-state index contributed by atoms with van der Waals surface area (Å²) in [5, 5.41) is 22.2. The van der Waals surface area contributed by atoms with E-state index in [-0.39, 0.29) is 30.3 Å². The normalized spacial score (nSPS) is 31.1. The molecule has 0 aliphatic carbocycles. The lowest BCUT2D eigenvalue weighted by Crippen LogP contribution is -2.44. The minimum absolute atomic E-state index is 0.0184. The van der Waals surface area contributed by atoms with Crippen LogP contribution in [0.2, 0.25) is 0 Å². The van der Waals surface area contributed by atoms with Crippen LogP contribution in [-0.4, -0.2) is 70.0 Å². The zero-order valence-corrected chi connectivity index (χ0v) is 20.6. The topological polar surface area (TPSA) is 122 Å². The van der Waals surface area contributed by atoms with E-state index in [9.17, 15) is 24.6 Å². The molecule has 0 aromatic rings. The number of aliphatic carboxylic acids is 1. The van der Waals surface area contributed by atoms with Crippen LogP contribution in [0.1, 0.15) is 53.9 Å². The Kier molecular flexibility index (Phi) is 11.5. The largest absolute Gasteiger partial charge is 0.480 e. The molecule has 182 valence electrons. The molecule has 0 aromatic heterocycles. The van der Waals surface area contributed by atoms with Crippen molar-refractivity contribution in [3.8, 4) is 0 Å². The summed E-state index contributed by atoms with van der Waals surface area (Å²) in [6.45, 7) is 8.63. The molecule has 3 N–H and O–H groups in total. The average Bonchev–Trinajstić information content (AvgIpc) is 2.68. The molecule has 9 heteroatoms. The molecule has 0 aromatic carbocycles. The van der Waals surface area contributed by atoms with E-state index in [1.54, 1.807) is 26.2 Å². The zero-order valence-electron chi connectivity index (χ0n) is 19.8. The van der Waals surface area contributed by atoms with Crippen LogP contribution in [0.5, 0.6) is 0 Å². The molecule has 0 fully saturated rings. The highest BCUT2D eigenvalue weighted by atomic mass is 32.2. The molecule has 1 heterocycles. The van der Waals surface area contributed by atoms with E-state index < -0.39 is 34.7 Å². The highest BCUT2D eigenvalue weighted by molar-refractivity contribution is 8.00. The Labute approximate surface area is 194 Å². The van der Waals surface area contributed by atoms with Crippen molar-refractivity contribution in [2.75, 3.05) is 12.9 Å². The summed E-state index contributed by atoms with van der Waals surface area (Å²) in [7, 11) is 1.59. The molecule has 1 amide bonds. The van der Waals surface area contributed by atoms with Gasteiger partial charge < -0.3 is 25.0 Å². The maximum absolute atomic E-state index is 12.6. The van der Waals surface area contributed by atoms with Gasteiger partial charge in [-0.2, -0.15) is 11.8 Å². The first-order chi connectivity index (χ1) is 14.9. The van der Waals surface area contributed by atoms with Gasteiger partial charge in [-0.3, -0.25) is 9.59 Å². The Hall–Kier alpha value is -1.84. The molecule has 1 unspecified atom stereocenters. The number of carboxylic acid groups (broad SMARTS) is 1. The van der Waals surface area contributed by atoms with Crippen molar-refractivity contribution >= 4 is 29.6 Å². The van der Waals surface area contributed by atoms with Crippen LogP contribution in [-0.2, 0) is 23.9 Å². The standard InChI is InChI=1S/C23H37NO7S/c1-14-8-7-9-15(2)19(30-6)10-11-23(5,29)20(12-21(26)31-16(14)3)32-13-18(22(27)28)24-17(4)25/h9-11,14,16,18-20,29H,7-8,12-13H2,1-6H3,(H,24,25)(H,27,28)/t14-,16+,18?,19-,20+,23+/m0/s1. The number of cyclic esters (lactones) is 1. The van der Waals surface area contributed by atoms with Crippen LogP contribution in [0, 0.1) is 5.92 Å². The van der Waals surface area contributed by atoms with Gasteiger partial charge in [0, 0.05) is 25.0 Å². The quantitative estimate of drug-likeness (QED) is 0.399. The van der Waals surface area contributed by atoms with Gasteiger partial charge in [0.2, 0.25) is 5.91 Å². The maximum Gasteiger partial charge on any atom is 0.327 e. The summed E-state index contributed by atoms with van der Waals surface area (Å²) in [6.07, 6.45) is 6.32. The number of amides is 1. The number of rotatable bonds is 6. The fourth-order valence-corrected chi connectivity index (χ4v) is 4.64. The van der Waals surface area contributed by atoms with Crippen LogP contribution in [0.3, 0.4) is 0 Å². The second-order valence-corrected chi connectivity index (χ2v) is 9.79. The van der Waals surface area contributed by atoms with Gasteiger partial charge in [0.05, 0.1) is 18.1 Å². The van der Waals surface area contributed by atoms with E-state index in [1.165, 1.54) is 6.92 Å². The Bertz CT molecular complexity index is 719. The number of hydrogen-bond donors (Lipinski definition) is 3. The second-order valence-electron chi connectivity index (χ2n) is 8.56.